The average molecular weight is 541 g/mol. The van der Waals surface area contributed by atoms with Gasteiger partial charge in [0.15, 0.2) is 0 Å². The van der Waals surface area contributed by atoms with Crippen molar-refractivity contribution in [3.63, 3.8) is 0 Å². The molecule has 7 nitrogen and oxygen atoms in total. The molecule has 0 bridgehead atoms. The van der Waals surface area contributed by atoms with Crippen LogP contribution in [-0.4, -0.2) is 39.9 Å². The molecule has 2 aromatic carbocycles. The first-order valence-electron chi connectivity index (χ1n) is 10.8. The number of amides is 1. The van der Waals surface area contributed by atoms with Crippen molar-refractivity contribution in [2.24, 2.45) is 17.6 Å². The fourth-order valence-electron chi connectivity index (χ4n) is 3.62. The Morgan fingerprint density at radius 1 is 0.970 bits per heavy atom. The lowest BCUT2D eigenvalue weighted by Crippen LogP contribution is -2.46. The van der Waals surface area contributed by atoms with Gasteiger partial charge < -0.3 is 21.1 Å². The molecule has 182 valence electrons. The van der Waals surface area contributed by atoms with Crippen LogP contribution in [0, 0.1) is 11.8 Å². The van der Waals surface area contributed by atoms with Gasteiger partial charge in [-0.3, -0.25) is 9.36 Å². The van der Waals surface area contributed by atoms with E-state index in [1.165, 1.54) is 0 Å². The van der Waals surface area contributed by atoms with Gasteiger partial charge in [0, 0.05) is 18.5 Å². The first-order chi connectivity index (χ1) is 15.1. The average Bonchev–Trinajstić information content (AvgIpc) is 2.73. The van der Waals surface area contributed by atoms with Crippen LogP contribution in [0.5, 0.6) is 0 Å². The van der Waals surface area contributed by atoms with E-state index in [0.29, 0.717) is 6.42 Å². The van der Waals surface area contributed by atoms with Gasteiger partial charge in [-0.05, 0) is 29.9 Å². The number of carboxylic acids is 1. The Bertz CT molecular complexity index is 927. The van der Waals surface area contributed by atoms with Crippen molar-refractivity contribution in [3.8, 4) is 0 Å². The van der Waals surface area contributed by atoms with Crippen LogP contribution in [0.4, 0.5) is 0 Å². The molecule has 5 N–H and O–H groups in total. The van der Waals surface area contributed by atoms with E-state index < -0.39 is 37.0 Å². The summed E-state index contributed by atoms with van der Waals surface area (Å²) in [5.41, 5.74) is 7.69. The van der Waals surface area contributed by atoms with Crippen molar-refractivity contribution < 1.29 is 24.2 Å². The first kappa shape index (κ1) is 29.0. The summed E-state index contributed by atoms with van der Waals surface area (Å²) in [7, 11) is -3.88. The van der Waals surface area contributed by atoms with Crippen LogP contribution in [0.1, 0.15) is 31.4 Å². The second kappa shape index (κ2) is 13.7. The number of hydrogen-bond donors (Lipinski definition) is 4. The summed E-state index contributed by atoms with van der Waals surface area (Å²) >= 11 is 0. The molecule has 33 heavy (non-hydrogen) atoms. The van der Waals surface area contributed by atoms with Crippen molar-refractivity contribution in [2.75, 3.05) is 6.16 Å². The standard InChI is InChI=1S/C24H33N2O5P.BrH/c1-17(2)13-20(16-32(30,31)22(25)15-19-11-7-4-8-12-19)23(27)26-21(24(28)29)14-18-9-5-3-6-10-18;/h3-12,17,20-22H,13-16,25H2,1-2H3,(H,26,27)(H,28,29)(H,30,31);1H/t20?,21-,22?;/m0./s1. The Morgan fingerprint density at radius 3 is 1.91 bits per heavy atom. The molecular weight excluding hydrogens is 507 g/mol. The highest BCUT2D eigenvalue weighted by atomic mass is 79.9. The maximum absolute atomic E-state index is 13.1. The predicted molar refractivity (Wildman–Crippen MR) is 136 cm³/mol. The predicted octanol–water partition coefficient (Wildman–Crippen LogP) is 3.84. The van der Waals surface area contributed by atoms with Gasteiger partial charge in [0.1, 0.15) is 6.04 Å². The molecule has 0 aliphatic rings. The first-order valence-corrected chi connectivity index (χ1v) is 12.7. The van der Waals surface area contributed by atoms with Crippen LogP contribution in [0.2, 0.25) is 0 Å². The summed E-state index contributed by atoms with van der Waals surface area (Å²) in [5.74, 6) is -3.44. The molecule has 3 unspecified atom stereocenters. The van der Waals surface area contributed by atoms with Crippen LogP contribution in [0.3, 0.4) is 0 Å². The summed E-state index contributed by atoms with van der Waals surface area (Å²) in [6.45, 7) is 3.82. The van der Waals surface area contributed by atoms with Crippen LogP contribution < -0.4 is 11.1 Å². The van der Waals surface area contributed by atoms with Crippen molar-refractivity contribution in [1.29, 1.82) is 0 Å². The minimum atomic E-state index is -3.88. The summed E-state index contributed by atoms with van der Waals surface area (Å²) in [6, 6.07) is 17.1. The zero-order chi connectivity index (χ0) is 23.7. The van der Waals surface area contributed by atoms with Crippen LogP contribution in [-0.2, 0) is 27.0 Å². The highest BCUT2D eigenvalue weighted by molar-refractivity contribution is 8.93. The molecule has 0 spiro atoms. The van der Waals surface area contributed by atoms with E-state index in [2.05, 4.69) is 5.32 Å². The third kappa shape index (κ3) is 9.80. The number of benzene rings is 2. The van der Waals surface area contributed by atoms with Gasteiger partial charge in [0.05, 0.1) is 5.78 Å². The molecule has 9 heteroatoms. The summed E-state index contributed by atoms with van der Waals surface area (Å²) in [4.78, 5) is 35.4. The van der Waals surface area contributed by atoms with Crippen LogP contribution in [0.15, 0.2) is 60.7 Å². The van der Waals surface area contributed by atoms with Gasteiger partial charge in [-0.2, -0.15) is 0 Å². The topological polar surface area (TPSA) is 130 Å². The largest absolute Gasteiger partial charge is 0.480 e. The molecule has 0 heterocycles. The molecule has 0 radical (unpaired) electrons. The summed E-state index contributed by atoms with van der Waals surface area (Å²) in [6.07, 6.45) is 0.409. The molecule has 1 amide bonds. The lowest BCUT2D eigenvalue weighted by atomic mass is 9.97. The number of halogens is 1. The maximum atomic E-state index is 13.1. The van der Waals surface area contributed by atoms with Gasteiger partial charge in [0.2, 0.25) is 13.3 Å². The highest BCUT2D eigenvalue weighted by Gasteiger charge is 2.35. The lowest BCUT2D eigenvalue weighted by molar-refractivity contribution is -0.142. The molecule has 2 rings (SSSR count). The molecule has 0 aliphatic heterocycles. The van der Waals surface area contributed by atoms with Crippen molar-refractivity contribution in [2.45, 2.75) is 44.9 Å². The minimum Gasteiger partial charge on any atom is -0.480 e. The fraction of sp³-hybridized carbons (Fsp3) is 0.417. The van der Waals surface area contributed by atoms with E-state index in [1.807, 2.05) is 50.2 Å². The quantitative estimate of drug-likeness (QED) is 0.302. The zero-order valence-corrected chi connectivity index (χ0v) is 21.6. The van der Waals surface area contributed by atoms with Gasteiger partial charge in [-0.15, -0.1) is 17.0 Å². The Labute approximate surface area is 206 Å². The molecule has 0 saturated heterocycles. The third-order valence-corrected chi connectivity index (χ3v) is 7.49. The second-order valence-corrected chi connectivity index (χ2v) is 11.2. The number of rotatable bonds is 12. The minimum absolute atomic E-state index is 0. The molecule has 0 saturated carbocycles. The maximum Gasteiger partial charge on any atom is 0.326 e. The van der Waals surface area contributed by atoms with Crippen molar-refractivity contribution in [1.82, 2.24) is 5.32 Å². The second-order valence-electron chi connectivity index (χ2n) is 8.61. The highest BCUT2D eigenvalue weighted by Crippen LogP contribution is 2.47. The number of nitrogens with one attached hydrogen (secondary N) is 1. The van der Waals surface area contributed by atoms with Gasteiger partial charge in [-0.25, -0.2) is 4.79 Å². The van der Waals surface area contributed by atoms with Crippen molar-refractivity contribution in [3.05, 3.63) is 71.8 Å². The molecule has 2 aromatic rings. The van der Waals surface area contributed by atoms with E-state index in [4.69, 9.17) is 5.73 Å². The Kier molecular flexibility index (Phi) is 12.0. The normalized spacial score (nSPS) is 15.5. The Hall–Kier alpha value is -1.99. The molecule has 0 aromatic heterocycles. The molecular formula is C24H34BrN2O5P. The van der Waals surface area contributed by atoms with Gasteiger partial charge in [-0.1, -0.05) is 74.5 Å². The van der Waals surface area contributed by atoms with Gasteiger partial charge >= 0.3 is 5.97 Å². The number of carboxylic acid groups (broad SMARTS) is 1. The van der Waals surface area contributed by atoms with E-state index in [9.17, 15) is 24.2 Å². The fourth-order valence-corrected chi connectivity index (χ4v) is 5.34. The van der Waals surface area contributed by atoms with Crippen molar-refractivity contribution >= 4 is 36.2 Å². The van der Waals surface area contributed by atoms with Crippen LogP contribution in [0.25, 0.3) is 0 Å². The van der Waals surface area contributed by atoms with Crippen LogP contribution >= 0.6 is 24.4 Å². The SMILES string of the molecule is Br.CC(C)CC(CP(=O)(O)C(N)Cc1ccccc1)C(=O)N[C@@H](Cc1ccccc1)C(=O)O. The molecule has 0 fully saturated rings. The smallest absolute Gasteiger partial charge is 0.326 e. The molecule has 0 aliphatic carbocycles. The zero-order valence-electron chi connectivity index (χ0n) is 19.0. The monoisotopic (exact) mass is 540 g/mol. The van der Waals surface area contributed by atoms with Gasteiger partial charge in [0.25, 0.3) is 0 Å². The lowest BCUT2D eigenvalue weighted by Gasteiger charge is -2.26. The Morgan fingerprint density at radius 2 is 1.45 bits per heavy atom. The van der Waals surface area contributed by atoms with E-state index in [-0.39, 0.29) is 41.9 Å². The van der Waals surface area contributed by atoms with E-state index in [1.54, 1.807) is 24.3 Å². The summed E-state index contributed by atoms with van der Waals surface area (Å²) < 4.78 is 13.1. The Balaban J connectivity index is 0.00000544. The molecule has 4 atom stereocenters. The number of nitrogens with two attached hydrogens (primary N) is 1. The number of hydrogen-bond acceptors (Lipinski definition) is 4. The third-order valence-electron chi connectivity index (χ3n) is 5.31. The number of carbonyl (C=O) groups is 2. The van der Waals surface area contributed by atoms with E-state index in [0.717, 1.165) is 11.1 Å². The van der Waals surface area contributed by atoms with E-state index >= 15 is 0 Å². The number of carbonyl (C=O) groups excluding carboxylic acids is 1. The number of aliphatic carboxylic acids is 1. The summed E-state index contributed by atoms with van der Waals surface area (Å²) in [5, 5.41) is 12.2.